The summed E-state index contributed by atoms with van der Waals surface area (Å²) in [6, 6.07) is 0. The SMILES string of the molecule is C[SiH](C)O/C1=C/CCC(C(C)(C)C)CCC1. The van der Waals surface area contributed by atoms with Gasteiger partial charge in [-0.15, -0.1) is 0 Å². The second kappa shape index (κ2) is 5.90. The van der Waals surface area contributed by atoms with Crippen LogP contribution in [-0.2, 0) is 4.43 Å². The molecule has 1 aliphatic carbocycles. The van der Waals surface area contributed by atoms with Gasteiger partial charge in [-0.1, -0.05) is 20.8 Å². The molecule has 0 N–H and O–H groups in total. The summed E-state index contributed by atoms with van der Waals surface area (Å²) in [4.78, 5) is 0. The van der Waals surface area contributed by atoms with E-state index in [1.807, 2.05) is 0 Å². The van der Waals surface area contributed by atoms with Gasteiger partial charge in [0.2, 0.25) is 9.04 Å². The van der Waals surface area contributed by atoms with E-state index in [9.17, 15) is 0 Å². The highest BCUT2D eigenvalue weighted by Gasteiger charge is 2.24. The van der Waals surface area contributed by atoms with Crippen molar-refractivity contribution in [1.82, 2.24) is 0 Å². The third-order valence-electron chi connectivity index (χ3n) is 3.47. The Balaban J connectivity index is 2.51. The van der Waals surface area contributed by atoms with Crippen molar-refractivity contribution in [3.05, 3.63) is 11.8 Å². The third-order valence-corrected chi connectivity index (χ3v) is 4.25. The van der Waals surface area contributed by atoms with Crippen LogP contribution in [0.1, 0.15) is 52.9 Å². The van der Waals surface area contributed by atoms with Gasteiger partial charge in [0.05, 0.1) is 5.76 Å². The molecule has 0 fully saturated rings. The summed E-state index contributed by atoms with van der Waals surface area (Å²) in [5, 5.41) is 0. The van der Waals surface area contributed by atoms with Crippen LogP contribution >= 0.6 is 0 Å². The second-order valence-electron chi connectivity index (χ2n) is 6.37. The molecule has 0 aromatic rings. The first-order valence-electron chi connectivity index (χ1n) is 6.75. The van der Waals surface area contributed by atoms with E-state index in [2.05, 4.69) is 39.9 Å². The van der Waals surface area contributed by atoms with Crippen LogP contribution < -0.4 is 0 Å². The van der Waals surface area contributed by atoms with E-state index in [1.165, 1.54) is 31.4 Å². The molecular weight excluding hydrogens is 212 g/mol. The third kappa shape index (κ3) is 4.73. The average Bonchev–Trinajstić information content (AvgIpc) is 2.06. The molecular formula is C14H28OSi. The quantitative estimate of drug-likeness (QED) is 0.646. The van der Waals surface area contributed by atoms with Gasteiger partial charge in [-0.3, -0.25) is 0 Å². The van der Waals surface area contributed by atoms with Gasteiger partial charge in [0.1, 0.15) is 0 Å². The minimum atomic E-state index is -0.896. The van der Waals surface area contributed by atoms with Gasteiger partial charge in [0.15, 0.2) is 0 Å². The van der Waals surface area contributed by atoms with Gasteiger partial charge >= 0.3 is 0 Å². The van der Waals surface area contributed by atoms with Crippen LogP contribution in [0.4, 0.5) is 0 Å². The Labute approximate surface area is 103 Å². The molecule has 16 heavy (non-hydrogen) atoms. The van der Waals surface area contributed by atoms with Gasteiger partial charge in [0.25, 0.3) is 0 Å². The van der Waals surface area contributed by atoms with Crippen LogP contribution in [0.25, 0.3) is 0 Å². The predicted octanol–water partition coefficient (Wildman–Crippen LogP) is 4.50. The van der Waals surface area contributed by atoms with Gasteiger partial charge in [0, 0.05) is 6.42 Å². The lowest BCUT2D eigenvalue weighted by Crippen LogP contribution is -2.21. The van der Waals surface area contributed by atoms with Crippen molar-refractivity contribution in [3.63, 3.8) is 0 Å². The summed E-state index contributed by atoms with van der Waals surface area (Å²) in [6.45, 7) is 11.6. The monoisotopic (exact) mass is 240 g/mol. The topological polar surface area (TPSA) is 9.23 Å². The van der Waals surface area contributed by atoms with E-state index in [-0.39, 0.29) is 0 Å². The molecule has 0 heterocycles. The summed E-state index contributed by atoms with van der Waals surface area (Å²) < 4.78 is 5.95. The average molecular weight is 240 g/mol. The Morgan fingerprint density at radius 2 is 1.94 bits per heavy atom. The molecule has 1 nitrogen and oxygen atoms in total. The van der Waals surface area contributed by atoms with Crippen molar-refractivity contribution in [2.24, 2.45) is 11.3 Å². The molecule has 1 atom stereocenters. The van der Waals surface area contributed by atoms with Gasteiger partial charge in [-0.05, 0) is 56.2 Å². The van der Waals surface area contributed by atoms with E-state index in [1.54, 1.807) is 0 Å². The van der Waals surface area contributed by atoms with Crippen LogP contribution in [0.5, 0.6) is 0 Å². The van der Waals surface area contributed by atoms with E-state index in [0.717, 1.165) is 12.3 Å². The minimum absolute atomic E-state index is 0.471. The molecule has 0 amide bonds. The van der Waals surface area contributed by atoms with Gasteiger partial charge < -0.3 is 4.43 Å². The molecule has 1 rings (SSSR count). The van der Waals surface area contributed by atoms with Crippen molar-refractivity contribution in [2.75, 3.05) is 0 Å². The Kier molecular flexibility index (Phi) is 5.10. The summed E-state index contributed by atoms with van der Waals surface area (Å²) in [6.07, 6.45) is 8.72. The number of rotatable bonds is 2. The molecule has 0 aromatic carbocycles. The predicted molar refractivity (Wildman–Crippen MR) is 74.1 cm³/mol. The van der Waals surface area contributed by atoms with Crippen LogP contribution in [0, 0.1) is 11.3 Å². The number of allylic oxidation sites excluding steroid dienone is 2. The first kappa shape index (κ1) is 13.8. The molecule has 0 spiro atoms. The lowest BCUT2D eigenvalue weighted by atomic mass is 9.74. The fourth-order valence-electron chi connectivity index (χ4n) is 2.49. The zero-order valence-electron chi connectivity index (χ0n) is 11.7. The molecule has 0 aromatic heterocycles. The first-order valence-corrected chi connectivity index (χ1v) is 9.53. The smallest absolute Gasteiger partial charge is 0.229 e. The zero-order chi connectivity index (χ0) is 12.2. The minimum Gasteiger partial charge on any atom is -0.550 e. The normalized spacial score (nSPS) is 26.9. The summed E-state index contributed by atoms with van der Waals surface area (Å²) in [7, 11) is -0.896. The molecule has 2 heteroatoms. The zero-order valence-corrected chi connectivity index (χ0v) is 12.8. The Hall–Kier alpha value is -0.243. The van der Waals surface area contributed by atoms with Crippen molar-refractivity contribution in [2.45, 2.75) is 66.0 Å². The van der Waals surface area contributed by atoms with E-state index in [4.69, 9.17) is 4.43 Å². The van der Waals surface area contributed by atoms with Gasteiger partial charge in [-0.25, -0.2) is 0 Å². The Morgan fingerprint density at radius 1 is 1.25 bits per heavy atom. The van der Waals surface area contributed by atoms with Crippen molar-refractivity contribution in [3.8, 4) is 0 Å². The lowest BCUT2D eigenvalue weighted by Gasteiger charge is -2.32. The maximum absolute atomic E-state index is 5.95. The first-order chi connectivity index (χ1) is 7.39. The highest BCUT2D eigenvalue weighted by atomic mass is 28.3. The van der Waals surface area contributed by atoms with Crippen molar-refractivity contribution < 1.29 is 4.43 Å². The molecule has 94 valence electrons. The van der Waals surface area contributed by atoms with Gasteiger partial charge in [-0.2, -0.15) is 0 Å². The summed E-state index contributed by atoms with van der Waals surface area (Å²) in [5.41, 5.74) is 0.471. The molecule has 0 aliphatic heterocycles. The van der Waals surface area contributed by atoms with E-state index in [0.29, 0.717) is 5.41 Å². The molecule has 1 aliphatic rings. The fourth-order valence-corrected chi connectivity index (χ4v) is 3.31. The Bertz CT molecular complexity index is 238. The number of hydrogen-bond donors (Lipinski definition) is 0. The maximum atomic E-state index is 5.95. The molecule has 0 saturated carbocycles. The van der Waals surface area contributed by atoms with Crippen molar-refractivity contribution in [1.29, 1.82) is 0 Å². The molecule has 1 unspecified atom stereocenters. The van der Waals surface area contributed by atoms with Crippen LogP contribution in [-0.4, -0.2) is 9.04 Å². The highest BCUT2D eigenvalue weighted by Crippen LogP contribution is 2.35. The molecule has 0 saturated heterocycles. The van der Waals surface area contributed by atoms with Crippen LogP contribution in [0.3, 0.4) is 0 Å². The van der Waals surface area contributed by atoms with E-state index < -0.39 is 9.04 Å². The van der Waals surface area contributed by atoms with E-state index >= 15 is 0 Å². The summed E-state index contributed by atoms with van der Waals surface area (Å²) in [5.74, 6) is 2.16. The Morgan fingerprint density at radius 3 is 2.50 bits per heavy atom. The fraction of sp³-hybridized carbons (Fsp3) is 0.857. The lowest BCUT2D eigenvalue weighted by molar-refractivity contribution is 0.202. The standard InChI is InChI=1S/C14H28OSi/c1-14(2,3)12-8-6-10-13(11-7-9-12)15-16(4)5/h10,12,16H,6-9,11H2,1-5H3/b13-10+. The van der Waals surface area contributed by atoms with Crippen LogP contribution in [0.15, 0.2) is 11.8 Å². The molecule has 0 radical (unpaired) electrons. The molecule has 0 bridgehead atoms. The largest absolute Gasteiger partial charge is 0.550 e. The van der Waals surface area contributed by atoms with Crippen molar-refractivity contribution >= 4 is 9.04 Å². The highest BCUT2D eigenvalue weighted by molar-refractivity contribution is 6.48. The second-order valence-corrected chi connectivity index (χ2v) is 8.70. The van der Waals surface area contributed by atoms with Crippen LogP contribution in [0.2, 0.25) is 13.1 Å². The number of hydrogen-bond acceptors (Lipinski definition) is 1. The maximum Gasteiger partial charge on any atom is 0.229 e. The summed E-state index contributed by atoms with van der Waals surface area (Å²) >= 11 is 0.